The zero-order valence-corrected chi connectivity index (χ0v) is 14.3. The molecule has 0 fully saturated rings. The van der Waals surface area contributed by atoms with Gasteiger partial charge >= 0.3 is 0 Å². The summed E-state index contributed by atoms with van der Waals surface area (Å²) in [7, 11) is 0. The van der Waals surface area contributed by atoms with E-state index in [4.69, 9.17) is 0 Å². The summed E-state index contributed by atoms with van der Waals surface area (Å²) in [5, 5.41) is 7.98. The predicted octanol–water partition coefficient (Wildman–Crippen LogP) is 2.13. The first kappa shape index (κ1) is 15.4. The molecule has 8 heteroatoms. The fourth-order valence-electron chi connectivity index (χ4n) is 2.75. The molecule has 0 saturated carbocycles. The fraction of sp³-hybridized carbons (Fsp3) is 0.294. The highest BCUT2D eigenvalue weighted by Crippen LogP contribution is 2.19. The third-order valence-electron chi connectivity index (χ3n) is 4.00. The third-order valence-corrected chi connectivity index (χ3v) is 4.00. The van der Waals surface area contributed by atoms with Crippen LogP contribution in [0, 0.1) is 0 Å². The molecule has 0 aliphatic carbocycles. The Morgan fingerprint density at radius 2 is 2.08 bits per heavy atom. The molecule has 0 bridgehead atoms. The van der Waals surface area contributed by atoms with E-state index in [2.05, 4.69) is 25.4 Å². The van der Waals surface area contributed by atoms with Gasteiger partial charge in [-0.15, -0.1) is 0 Å². The molecule has 0 radical (unpaired) electrons. The van der Waals surface area contributed by atoms with E-state index in [0.717, 1.165) is 11.1 Å². The van der Waals surface area contributed by atoms with E-state index < -0.39 is 0 Å². The van der Waals surface area contributed by atoms with Gasteiger partial charge in [0.1, 0.15) is 5.39 Å². The van der Waals surface area contributed by atoms with Crippen molar-refractivity contribution in [2.75, 3.05) is 5.32 Å². The molecule has 4 aromatic heterocycles. The van der Waals surface area contributed by atoms with E-state index in [1.807, 2.05) is 43.5 Å². The standard InChI is InChI=1S/C17H19N7O/c1-17(2,3)24-14-13(8-20-24)15(25)22-16(21-14)19-6-11-4-5-12-7-18-10-23(12)9-11/h4-5,7-10H,6H2,1-3H3,(H2,19,21,22,25). The summed E-state index contributed by atoms with van der Waals surface area (Å²) in [4.78, 5) is 23.7. The van der Waals surface area contributed by atoms with Gasteiger partial charge in [0.15, 0.2) is 5.65 Å². The van der Waals surface area contributed by atoms with Crippen molar-refractivity contribution in [3.63, 3.8) is 0 Å². The lowest BCUT2D eigenvalue weighted by Gasteiger charge is -2.19. The number of aromatic nitrogens is 6. The molecular formula is C17H19N7O. The first-order chi connectivity index (χ1) is 11.9. The smallest absolute Gasteiger partial charge is 0.263 e. The molecule has 4 aromatic rings. The van der Waals surface area contributed by atoms with Crippen molar-refractivity contribution in [2.24, 2.45) is 0 Å². The van der Waals surface area contributed by atoms with Crippen LogP contribution in [0.4, 0.5) is 5.95 Å². The Morgan fingerprint density at radius 1 is 1.24 bits per heavy atom. The third kappa shape index (κ3) is 2.75. The zero-order valence-electron chi connectivity index (χ0n) is 14.3. The van der Waals surface area contributed by atoms with Gasteiger partial charge in [-0.05, 0) is 32.4 Å². The maximum absolute atomic E-state index is 12.3. The van der Waals surface area contributed by atoms with E-state index in [9.17, 15) is 4.79 Å². The van der Waals surface area contributed by atoms with Crippen molar-refractivity contribution in [1.29, 1.82) is 0 Å². The number of nitrogens with zero attached hydrogens (tertiary/aromatic N) is 5. The van der Waals surface area contributed by atoms with E-state index in [0.29, 0.717) is 23.5 Å². The first-order valence-corrected chi connectivity index (χ1v) is 8.05. The highest BCUT2D eigenvalue weighted by atomic mass is 16.1. The summed E-state index contributed by atoms with van der Waals surface area (Å²) in [6.07, 6.45) is 7.11. The summed E-state index contributed by atoms with van der Waals surface area (Å²) < 4.78 is 3.71. The van der Waals surface area contributed by atoms with E-state index in [1.54, 1.807) is 23.4 Å². The number of imidazole rings is 1. The van der Waals surface area contributed by atoms with Gasteiger partial charge < -0.3 is 9.72 Å². The Labute approximate surface area is 143 Å². The number of pyridine rings is 1. The molecule has 4 rings (SSSR count). The highest BCUT2D eigenvalue weighted by Gasteiger charge is 2.19. The molecule has 0 aromatic carbocycles. The molecule has 0 aliphatic heterocycles. The fourth-order valence-corrected chi connectivity index (χ4v) is 2.75. The van der Waals surface area contributed by atoms with Gasteiger partial charge in [-0.25, -0.2) is 9.67 Å². The summed E-state index contributed by atoms with van der Waals surface area (Å²) in [6.45, 7) is 6.60. The van der Waals surface area contributed by atoms with Crippen LogP contribution in [0.3, 0.4) is 0 Å². The zero-order chi connectivity index (χ0) is 17.6. The van der Waals surface area contributed by atoms with Crippen LogP contribution < -0.4 is 10.9 Å². The maximum Gasteiger partial charge on any atom is 0.263 e. The maximum atomic E-state index is 12.3. The Morgan fingerprint density at radius 3 is 2.88 bits per heavy atom. The number of rotatable bonds is 3. The molecular weight excluding hydrogens is 318 g/mol. The monoisotopic (exact) mass is 337 g/mol. The topological polar surface area (TPSA) is 92.9 Å². The van der Waals surface area contributed by atoms with Crippen LogP contribution in [0.25, 0.3) is 16.6 Å². The van der Waals surface area contributed by atoms with Crippen LogP contribution in [-0.2, 0) is 12.1 Å². The molecule has 0 saturated heterocycles. The molecule has 8 nitrogen and oxygen atoms in total. The summed E-state index contributed by atoms with van der Waals surface area (Å²) in [6, 6.07) is 4.01. The number of H-pyrrole nitrogens is 1. The molecule has 0 spiro atoms. The van der Waals surface area contributed by atoms with Crippen molar-refractivity contribution in [2.45, 2.75) is 32.9 Å². The Balaban J connectivity index is 1.65. The van der Waals surface area contributed by atoms with Gasteiger partial charge in [0, 0.05) is 12.7 Å². The summed E-state index contributed by atoms with van der Waals surface area (Å²) in [5.74, 6) is 0.425. The molecule has 128 valence electrons. The quantitative estimate of drug-likeness (QED) is 0.597. The van der Waals surface area contributed by atoms with Gasteiger partial charge in [-0.2, -0.15) is 10.1 Å². The van der Waals surface area contributed by atoms with Gasteiger partial charge in [0.25, 0.3) is 5.56 Å². The SMILES string of the molecule is CC(C)(C)n1ncc2c(=O)[nH]c(NCc3ccc4cncn4c3)nc21. The number of hydrogen-bond acceptors (Lipinski definition) is 5. The second-order valence-electron chi connectivity index (χ2n) is 7.00. The number of fused-ring (bicyclic) bond motifs is 2. The highest BCUT2D eigenvalue weighted by molar-refractivity contribution is 5.74. The van der Waals surface area contributed by atoms with E-state index in [-0.39, 0.29) is 11.1 Å². The number of nitrogens with one attached hydrogen (secondary N) is 2. The second-order valence-corrected chi connectivity index (χ2v) is 7.00. The molecule has 2 N–H and O–H groups in total. The molecule has 0 unspecified atom stereocenters. The summed E-state index contributed by atoms with van der Waals surface area (Å²) in [5.41, 5.74) is 2.20. The van der Waals surface area contributed by atoms with Crippen molar-refractivity contribution in [1.82, 2.24) is 29.1 Å². The normalized spacial score (nSPS) is 12.1. The van der Waals surface area contributed by atoms with E-state index >= 15 is 0 Å². The van der Waals surface area contributed by atoms with Crippen molar-refractivity contribution in [3.8, 4) is 0 Å². The lowest BCUT2D eigenvalue weighted by molar-refractivity contribution is 0.366. The molecule has 25 heavy (non-hydrogen) atoms. The minimum Gasteiger partial charge on any atom is -0.352 e. The van der Waals surface area contributed by atoms with Crippen LogP contribution in [0.2, 0.25) is 0 Å². The first-order valence-electron chi connectivity index (χ1n) is 8.05. The Hall–Kier alpha value is -3.16. The molecule has 4 heterocycles. The van der Waals surface area contributed by atoms with Crippen LogP contribution >= 0.6 is 0 Å². The Bertz CT molecular complexity index is 1110. The van der Waals surface area contributed by atoms with Crippen LogP contribution in [0.5, 0.6) is 0 Å². The number of hydrogen-bond donors (Lipinski definition) is 2. The average molecular weight is 337 g/mol. The van der Waals surface area contributed by atoms with Crippen LogP contribution in [0.15, 0.2) is 41.8 Å². The predicted molar refractivity (Wildman–Crippen MR) is 95.7 cm³/mol. The second kappa shape index (κ2) is 5.44. The average Bonchev–Trinajstić information content (AvgIpc) is 3.18. The van der Waals surface area contributed by atoms with Crippen molar-refractivity contribution >= 4 is 22.5 Å². The van der Waals surface area contributed by atoms with Crippen molar-refractivity contribution in [3.05, 3.63) is 53.0 Å². The van der Waals surface area contributed by atoms with Gasteiger partial charge in [-0.3, -0.25) is 9.78 Å². The van der Waals surface area contributed by atoms with Gasteiger partial charge in [0.05, 0.1) is 29.8 Å². The Kier molecular flexibility index (Phi) is 3.34. The van der Waals surface area contributed by atoms with E-state index in [1.165, 1.54) is 0 Å². The van der Waals surface area contributed by atoms with Crippen LogP contribution in [-0.4, -0.2) is 29.1 Å². The lowest BCUT2D eigenvalue weighted by Crippen LogP contribution is -2.24. The minimum absolute atomic E-state index is 0.201. The van der Waals surface area contributed by atoms with Gasteiger partial charge in [0.2, 0.25) is 5.95 Å². The molecule has 0 atom stereocenters. The number of anilines is 1. The molecule has 0 aliphatic rings. The largest absolute Gasteiger partial charge is 0.352 e. The minimum atomic E-state index is -0.258. The van der Waals surface area contributed by atoms with Crippen molar-refractivity contribution < 1.29 is 0 Å². The van der Waals surface area contributed by atoms with Crippen LogP contribution in [0.1, 0.15) is 26.3 Å². The lowest BCUT2D eigenvalue weighted by atomic mass is 10.1. The molecule has 0 amide bonds. The van der Waals surface area contributed by atoms with Gasteiger partial charge in [-0.1, -0.05) is 6.07 Å². The number of aromatic amines is 1. The summed E-state index contributed by atoms with van der Waals surface area (Å²) >= 11 is 0.